The average Bonchev–Trinajstić information content (AvgIpc) is 2.39. The summed E-state index contributed by atoms with van der Waals surface area (Å²) in [5, 5.41) is 7.32. The molecule has 2 N–H and O–H groups in total. The summed E-state index contributed by atoms with van der Waals surface area (Å²) in [5.74, 6) is 0.790. The maximum Gasteiger partial charge on any atom is 0.236 e. The standard InChI is InChI=1S/C15H30N2OS/c1-11(2)9-10-16-15(18)12(3)17-13-5-7-14(19-4)8-6-13/h11-14,17H,5-10H2,1-4H3,(H,16,18). The van der Waals surface area contributed by atoms with E-state index in [0.29, 0.717) is 12.0 Å². The molecule has 0 heterocycles. The molecule has 0 aromatic heterocycles. The van der Waals surface area contributed by atoms with Gasteiger partial charge in [-0.2, -0.15) is 11.8 Å². The quantitative estimate of drug-likeness (QED) is 0.756. The van der Waals surface area contributed by atoms with E-state index in [1.165, 1.54) is 25.7 Å². The number of amides is 1. The molecule has 1 aliphatic carbocycles. The second-order valence-corrected chi connectivity index (χ2v) is 7.21. The van der Waals surface area contributed by atoms with E-state index in [4.69, 9.17) is 0 Å². The zero-order valence-corrected chi connectivity index (χ0v) is 13.7. The van der Waals surface area contributed by atoms with Crippen LogP contribution in [0.25, 0.3) is 0 Å². The molecule has 0 aromatic carbocycles. The van der Waals surface area contributed by atoms with Crippen molar-refractivity contribution in [3.05, 3.63) is 0 Å². The molecule has 1 amide bonds. The second kappa shape index (κ2) is 8.85. The molecule has 1 saturated carbocycles. The average molecular weight is 286 g/mol. The van der Waals surface area contributed by atoms with Gasteiger partial charge in [-0.25, -0.2) is 0 Å². The van der Waals surface area contributed by atoms with E-state index in [1.54, 1.807) is 0 Å². The lowest BCUT2D eigenvalue weighted by atomic mass is 9.94. The van der Waals surface area contributed by atoms with Crippen LogP contribution in [0.5, 0.6) is 0 Å². The van der Waals surface area contributed by atoms with Gasteiger partial charge in [0.15, 0.2) is 0 Å². The van der Waals surface area contributed by atoms with E-state index in [-0.39, 0.29) is 11.9 Å². The Morgan fingerprint density at radius 3 is 2.37 bits per heavy atom. The van der Waals surface area contributed by atoms with Crippen LogP contribution in [0.3, 0.4) is 0 Å². The number of thioether (sulfide) groups is 1. The van der Waals surface area contributed by atoms with Gasteiger partial charge >= 0.3 is 0 Å². The van der Waals surface area contributed by atoms with Gasteiger partial charge in [-0.15, -0.1) is 0 Å². The molecule has 4 heteroatoms. The maximum atomic E-state index is 11.9. The number of nitrogens with one attached hydrogen (secondary N) is 2. The minimum Gasteiger partial charge on any atom is -0.355 e. The first-order chi connectivity index (χ1) is 9.02. The number of hydrogen-bond donors (Lipinski definition) is 2. The Labute approximate surface area is 122 Å². The predicted octanol–water partition coefficient (Wildman–Crippen LogP) is 2.80. The maximum absolute atomic E-state index is 11.9. The van der Waals surface area contributed by atoms with E-state index in [9.17, 15) is 4.79 Å². The fourth-order valence-electron chi connectivity index (χ4n) is 2.53. The summed E-state index contributed by atoms with van der Waals surface area (Å²) >= 11 is 1.98. The minimum atomic E-state index is -0.0667. The van der Waals surface area contributed by atoms with Crippen molar-refractivity contribution in [3.63, 3.8) is 0 Å². The van der Waals surface area contributed by atoms with Gasteiger partial charge in [0, 0.05) is 17.8 Å². The molecule has 1 atom stereocenters. The van der Waals surface area contributed by atoms with Crippen molar-refractivity contribution >= 4 is 17.7 Å². The SMILES string of the molecule is CSC1CCC(NC(C)C(=O)NCCC(C)C)CC1. The molecule has 1 rings (SSSR count). The summed E-state index contributed by atoms with van der Waals surface area (Å²) in [7, 11) is 0. The van der Waals surface area contributed by atoms with Crippen molar-refractivity contribution in [2.45, 2.75) is 70.2 Å². The van der Waals surface area contributed by atoms with Crippen LogP contribution in [0.1, 0.15) is 52.9 Å². The summed E-state index contributed by atoms with van der Waals surface area (Å²) in [6, 6.07) is 0.456. The van der Waals surface area contributed by atoms with Crippen molar-refractivity contribution in [1.29, 1.82) is 0 Å². The van der Waals surface area contributed by atoms with Crippen molar-refractivity contribution < 1.29 is 4.79 Å². The van der Waals surface area contributed by atoms with Gasteiger partial charge in [0.2, 0.25) is 5.91 Å². The minimum absolute atomic E-state index is 0.0667. The molecule has 112 valence electrons. The predicted molar refractivity (Wildman–Crippen MR) is 84.6 cm³/mol. The summed E-state index contributed by atoms with van der Waals surface area (Å²) in [5.41, 5.74) is 0. The Hall–Kier alpha value is -0.220. The first-order valence-electron chi connectivity index (χ1n) is 7.59. The number of rotatable bonds is 7. The van der Waals surface area contributed by atoms with Crippen molar-refractivity contribution in [2.24, 2.45) is 5.92 Å². The molecular formula is C15H30N2OS. The molecule has 0 radical (unpaired) electrons. The van der Waals surface area contributed by atoms with Crippen LogP contribution < -0.4 is 10.6 Å². The van der Waals surface area contributed by atoms with Gasteiger partial charge in [-0.1, -0.05) is 13.8 Å². The molecule has 19 heavy (non-hydrogen) atoms. The highest BCUT2D eigenvalue weighted by Gasteiger charge is 2.23. The normalized spacial score (nSPS) is 25.3. The topological polar surface area (TPSA) is 41.1 Å². The fraction of sp³-hybridized carbons (Fsp3) is 0.933. The Kier molecular flexibility index (Phi) is 7.84. The van der Waals surface area contributed by atoms with E-state index < -0.39 is 0 Å². The Morgan fingerprint density at radius 2 is 1.84 bits per heavy atom. The first kappa shape index (κ1) is 16.8. The van der Waals surface area contributed by atoms with Crippen molar-refractivity contribution in [2.75, 3.05) is 12.8 Å². The van der Waals surface area contributed by atoms with E-state index >= 15 is 0 Å². The molecule has 1 aliphatic rings. The van der Waals surface area contributed by atoms with Gasteiger partial charge in [0.05, 0.1) is 6.04 Å². The van der Waals surface area contributed by atoms with Crippen molar-refractivity contribution in [1.82, 2.24) is 10.6 Å². The summed E-state index contributed by atoms with van der Waals surface area (Å²) in [4.78, 5) is 11.9. The van der Waals surface area contributed by atoms with Crippen LogP contribution in [0.15, 0.2) is 0 Å². The van der Waals surface area contributed by atoms with Crippen LogP contribution in [0, 0.1) is 5.92 Å². The second-order valence-electron chi connectivity index (χ2n) is 6.07. The highest BCUT2D eigenvalue weighted by Crippen LogP contribution is 2.26. The summed E-state index contributed by atoms with van der Waals surface area (Å²) < 4.78 is 0. The third-order valence-corrected chi connectivity index (χ3v) is 5.05. The summed E-state index contributed by atoms with van der Waals surface area (Å²) in [6.45, 7) is 7.13. The zero-order valence-electron chi connectivity index (χ0n) is 12.9. The lowest BCUT2D eigenvalue weighted by molar-refractivity contribution is -0.123. The van der Waals surface area contributed by atoms with Crippen LogP contribution in [-0.4, -0.2) is 36.0 Å². The molecule has 0 aliphatic heterocycles. The van der Waals surface area contributed by atoms with Crippen LogP contribution in [0.4, 0.5) is 0 Å². The Bertz CT molecular complexity index is 263. The smallest absolute Gasteiger partial charge is 0.236 e. The highest BCUT2D eigenvalue weighted by atomic mass is 32.2. The van der Waals surface area contributed by atoms with Gasteiger partial charge < -0.3 is 10.6 Å². The largest absolute Gasteiger partial charge is 0.355 e. The van der Waals surface area contributed by atoms with E-state index in [0.717, 1.165) is 18.2 Å². The van der Waals surface area contributed by atoms with E-state index in [1.807, 2.05) is 18.7 Å². The number of carbonyl (C=O) groups is 1. The molecule has 0 bridgehead atoms. The third-order valence-electron chi connectivity index (χ3n) is 3.91. The Morgan fingerprint density at radius 1 is 1.21 bits per heavy atom. The third kappa shape index (κ3) is 6.66. The number of hydrogen-bond acceptors (Lipinski definition) is 3. The monoisotopic (exact) mass is 286 g/mol. The van der Waals surface area contributed by atoms with Crippen molar-refractivity contribution in [3.8, 4) is 0 Å². The van der Waals surface area contributed by atoms with Gasteiger partial charge in [0.25, 0.3) is 0 Å². The molecule has 0 saturated heterocycles. The van der Waals surface area contributed by atoms with Gasteiger partial charge in [-0.05, 0) is 51.2 Å². The Balaban J connectivity index is 2.19. The highest BCUT2D eigenvalue weighted by molar-refractivity contribution is 7.99. The number of carbonyl (C=O) groups excluding carboxylic acids is 1. The first-order valence-corrected chi connectivity index (χ1v) is 8.88. The fourth-order valence-corrected chi connectivity index (χ4v) is 3.28. The molecular weight excluding hydrogens is 256 g/mol. The van der Waals surface area contributed by atoms with Gasteiger partial charge in [0.1, 0.15) is 0 Å². The molecule has 3 nitrogen and oxygen atoms in total. The lowest BCUT2D eigenvalue weighted by Gasteiger charge is -2.30. The molecule has 0 aromatic rings. The zero-order chi connectivity index (χ0) is 14.3. The van der Waals surface area contributed by atoms with Gasteiger partial charge in [-0.3, -0.25) is 4.79 Å². The summed E-state index contributed by atoms with van der Waals surface area (Å²) in [6.07, 6.45) is 8.21. The lowest BCUT2D eigenvalue weighted by Crippen LogP contribution is -2.48. The van der Waals surface area contributed by atoms with Crippen LogP contribution in [0.2, 0.25) is 0 Å². The molecule has 1 unspecified atom stereocenters. The van der Waals surface area contributed by atoms with Crippen LogP contribution >= 0.6 is 11.8 Å². The molecule has 1 fully saturated rings. The molecule has 0 spiro atoms. The van der Waals surface area contributed by atoms with Crippen LogP contribution in [-0.2, 0) is 4.79 Å². The van der Waals surface area contributed by atoms with E-state index in [2.05, 4.69) is 30.7 Å².